The largest absolute Gasteiger partial charge is 0.433 e. The van der Waals surface area contributed by atoms with E-state index < -0.39 is 48.2 Å². The Bertz CT molecular complexity index is 1050. The molecule has 4 N–H and O–H groups in total. The van der Waals surface area contributed by atoms with Gasteiger partial charge in [-0.3, -0.25) is 0 Å². The fourth-order valence-corrected chi connectivity index (χ4v) is 2.44. The van der Waals surface area contributed by atoms with Crippen molar-refractivity contribution in [2.45, 2.75) is 18.5 Å². The van der Waals surface area contributed by atoms with E-state index in [-0.39, 0.29) is 24.1 Å². The molecule has 0 bridgehead atoms. The number of alkyl halides is 6. The van der Waals surface area contributed by atoms with Crippen LogP contribution in [0.3, 0.4) is 0 Å². The number of hydrogen-bond acceptors (Lipinski definition) is 9. The molecule has 0 aliphatic rings. The van der Waals surface area contributed by atoms with Crippen molar-refractivity contribution in [1.29, 1.82) is 0 Å². The van der Waals surface area contributed by atoms with E-state index in [1.54, 1.807) is 0 Å². The first-order valence-electron chi connectivity index (χ1n) is 9.39. The van der Waals surface area contributed by atoms with Gasteiger partial charge in [0.15, 0.2) is 0 Å². The summed E-state index contributed by atoms with van der Waals surface area (Å²) in [6.07, 6.45) is -10.5. The normalized spacial score (nSPS) is 12.8. The molecule has 0 amide bonds. The number of anilines is 3. The standard InChI is InChI=1S/C19H16F6N6O3/c20-18(21,22)10-3-1-4-11(7-10)27-16-29-15(26-8-12(33)9-32)30-17(31-16)34-14-6-2-5-13(28-14)19(23,24)25/h1-7,12,32-33H,8-9H2,(H2,26,27,29,30,31). The average molecular weight is 490 g/mol. The number of aromatic nitrogens is 4. The van der Waals surface area contributed by atoms with Gasteiger partial charge in [-0.2, -0.15) is 41.3 Å². The summed E-state index contributed by atoms with van der Waals surface area (Å²) in [5, 5.41) is 23.5. The Morgan fingerprint density at radius 2 is 1.59 bits per heavy atom. The molecule has 1 aromatic carbocycles. The number of ether oxygens (including phenoxy) is 1. The summed E-state index contributed by atoms with van der Waals surface area (Å²) in [6.45, 7) is -0.824. The number of nitrogens with zero attached hydrogens (tertiary/aromatic N) is 4. The van der Waals surface area contributed by atoms with E-state index in [4.69, 9.17) is 9.84 Å². The van der Waals surface area contributed by atoms with Crippen LogP contribution < -0.4 is 15.4 Å². The van der Waals surface area contributed by atoms with Gasteiger partial charge in [0.1, 0.15) is 5.69 Å². The van der Waals surface area contributed by atoms with Crippen LogP contribution in [0, 0.1) is 0 Å². The zero-order valence-corrected chi connectivity index (χ0v) is 16.9. The van der Waals surface area contributed by atoms with Crippen molar-refractivity contribution in [2.75, 3.05) is 23.8 Å². The van der Waals surface area contributed by atoms with Crippen LogP contribution in [0.4, 0.5) is 43.9 Å². The van der Waals surface area contributed by atoms with Gasteiger partial charge in [0.05, 0.1) is 18.3 Å². The highest BCUT2D eigenvalue weighted by molar-refractivity contribution is 5.56. The first-order chi connectivity index (χ1) is 15.9. The quantitative estimate of drug-likeness (QED) is 0.351. The van der Waals surface area contributed by atoms with E-state index in [1.807, 2.05) is 0 Å². The van der Waals surface area contributed by atoms with Crippen LogP contribution in [0.5, 0.6) is 11.9 Å². The summed E-state index contributed by atoms with van der Waals surface area (Å²) in [6, 6.07) is 6.44. The molecular weight excluding hydrogens is 474 g/mol. The molecule has 0 aliphatic heterocycles. The molecule has 34 heavy (non-hydrogen) atoms. The first kappa shape index (κ1) is 24.9. The van der Waals surface area contributed by atoms with E-state index in [0.29, 0.717) is 0 Å². The van der Waals surface area contributed by atoms with Crippen molar-refractivity contribution in [2.24, 2.45) is 0 Å². The van der Waals surface area contributed by atoms with Crippen LogP contribution in [0.25, 0.3) is 0 Å². The Morgan fingerprint density at radius 3 is 2.26 bits per heavy atom. The number of aliphatic hydroxyl groups excluding tert-OH is 2. The third-order valence-electron chi connectivity index (χ3n) is 3.98. The number of benzene rings is 1. The fourth-order valence-electron chi connectivity index (χ4n) is 2.44. The van der Waals surface area contributed by atoms with Gasteiger partial charge in [-0.15, -0.1) is 0 Å². The molecule has 0 fully saturated rings. The minimum absolute atomic E-state index is 0.0505. The lowest BCUT2D eigenvalue weighted by Gasteiger charge is -2.13. The van der Waals surface area contributed by atoms with Crippen molar-refractivity contribution < 1.29 is 41.3 Å². The molecule has 0 saturated heterocycles. The Labute approximate surface area is 187 Å². The molecule has 2 heterocycles. The van der Waals surface area contributed by atoms with Gasteiger partial charge in [-0.1, -0.05) is 12.1 Å². The predicted molar refractivity (Wildman–Crippen MR) is 105 cm³/mol. The minimum Gasteiger partial charge on any atom is -0.405 e. The molecule has 0 radical (unpaired) electrons. The second-order valence-corrected chi connectivity index (χ2v) is 6.65. The summed E-state index contributed by atoms with van der Waals surface area (Å²) in [5.41, 5.74) is -2.23. The van der Waals surface area contributed by atoms with Gasteiger partial charge < -0.3 is 25.6 Å². The number of hydrogen-bond donors (Lipinski definition) is 4. The van der Waals surface area contributed by atoms with E-state index in [1.165, 1.54) is 6.07 Å². The maximum atomic E-state index is 13.0. The highest BCUT2D eigenvalue weighted by Crippen LogP contribution is 2.32. The van der Waals surface area contributed by atoms with Crippen molar-refractivity contribution in [1.82, 2.24) is 19.9 Å². The summed E-state index contributed by atoms with van der Waals surface area (Å²) in [7, 11) is 0. The number of pyridine rings is 1. The summed E-state index contributed by atoms with van der Waals surface area (Å²) in [4.78, 5) is 14.9. The van der Waals surface area contributed by atoms with Crippen molar-refractivity contribution in [3.8, 4) is 11.9 Å². The molecule has 0 aliphatic carbocycles. The Morgan fingerprint density at radius 1 is 0.882 bits per heavy atom. The topological polar surface area (TPSA) is 125 Å². The number of rotatable bonds is 8. The first-order valence-corrected chi connectivity index (χ1v) is 9.39. The molecule has 9 nitrogen and oxygen atoms in total. The second kappa shape index (κ2) is 10.0. The molecule has 3 rings (SSSR count). The van der Waals surface area contributed by atoms with E-state index >= 15 is 0 Å². The lowest BCUT2D eigenvalue weighted by molar-refractivity contribution is -0.141. The van der Waals surface area contributed by atoms with Gasteiger partial charge in [0.25, 0.3) is 0 Å². The molecule has 1 unspecified atom stereocenters. The average Bonchev–Trinajstić information content (AvgIpc) is 2.76. The molecule has 2 aromatic heterocycles. The Hall–Kier alpha value is -3.72. The molecule has 1 atom stereocenters. The molecule has 182 valence electrons. The zero-order chi connectivity index (χ0) is 24.9. The SMILES string of the molecule is OCC(O)CNc1nc(Nc2cccc(C(F)(F)F)c2)nc(Oc2cccc(C(F)(F)F)n2)n1. The monoisotopic (exact) mass is 490 g/mol. The van der Waals surface area contributed by atoms with Crippen LogP contribution in [-0.2, 0) is 12.4 Å². The number of halogens is 6. The summed E-state index contributed by atoms with van der Waals surface area (Å²) < 4.78 is 82.8. The maximum Gasteiger partial charge on any atom is 0.433 e. The highest BCUT2D eigenvalue weighted by Gasteiger charge is 2.33. The van der Waals surface area contributed by atoms with E-state index in [2.05, 4.69) is 30.6 Å². The van der Waals surface area contributed by atoms with Gasteiger partial charge in [-0.25, -0.2) is 4.98 Å². The Balaban J connectivity index is 1.91. The number of nitrogens with one attached hydrogen (secondary N) is 2. The van der Waals surface area contributed by atoms with Crippen LogP contribution in [0.2, 0.25) is 0 Å². The third-order valence-corrected chi connectivity index (χ3v) is 3.98. The van der Waals surface area contributed by atoms with Crippen molar-refractivity contribution in [3.63, 3.8) is 0 Å². The summed E-state index contributed by atoms with van der Waals surface area (Å²) in [5.74, 6) is -1.08. The smallest absolute Gasteiger partial charge is 0.405 e. The Kier molecular flexibility index (Phi) is 7.36. The zero-order valence-electron chi connectivity index (χ0n) is 16.9. The summed E-state index contributed by atoms with van der Waals surface area (Å²) >= 11 is 0. The lowest BCUT2D eigenvalue weighted by atomic mass is 10.2. The molecule has 3 aromatic rings. The molecule has 15 heteroatoms. The minimum atomic E-state index is -4.73. The number of aliphatic hydroxyl groups is 2. The molecule has 0 spiro atoms. The van der Waals surface area contributed by atoms with Gasteiger partial charge >= 0.3 is 18.4 Å². The fraction of sp³-hybridized carbons (Fsp3) is 0.263. The molecular formula is C19H16F6N6O3. The predicted octanol–water partition coefficient (Wildman–Crippen LogP) is 3.61. The van der Waals surface area contributed by atoms with Crippen LogP contribution in [0.1, 0.15) is 11.3 Å². The van der Waals surface area contributed by atoms with Gasteiger partial charge in [0, 0.05) is 18.3 Å². The van der Waals surface area contributed by atoms with Crippen LogP contribution in [-0.4, -0.2) is 49.4 Å². The maximum absolute atomic E-state index is 13.0. The third kappa shape index (κ3) is 6.89. The van der Waals surface area contributed by atoms with Gasteiger partial charge in [-0.05, 0) is 24.3 Å². The van der Waals surface area contributed by atoms with E-state index in [0.717, 1.165) is 36.4 Å². The van der Waals surface area contributed by atoms with Crippen LogP contribution >= 0.6 is 0 Å². The van der Waals surface area contributed by atoms with Crippen molar-refractivity contribution >= 4 is 17.6 Å². The lowest BCUT2D eigenvalue weighted by Crippen LogP contribution is -2.24. The van der Waals surface area contributed by atoms with E-state index in [9.17, 15) is 31.4 Å². The molecule has 0 saturated carbocycles. The van der Waals surface area contributed by atoms with Crippen molar-refractivity contribution in [3.05, 3.63) is 53.7 Å². The highest BCUT2D eigenvalue weighted by atomic mass is 19.4. The van der Waals surface area contributed by atoms with Gasteiger partial charge in [0.2, 0.25) is 17.8 Å². The second-order valence-electron chi connectivity index (χ2n) is 6.65. The van der Waals surface area contributed by atoms with Crippen LogP contribution in [0.15, 0.2) is 42.5 Å².